The van der Waals surface area contributed by atoms with Gasteiger partial charge in [-0.05, 0) is 0 Å². The minimum atomic E-state index is 0.0401. The van der Waals surface area contributed by atoms with Crippen LogP contribution in [0, 0.1) is 0 Å². The van der Waals surface area contributed by atoms with Crippen LogP contribution in [-0.4, -0.2) is 41.4 Å². The van der Waals surface area contributed by atoms with E-state index in [1.54, 1.807) is 0 Å². The average Bonchev–Trinajstić information content (AvgIpc) is 2.21. The number of aliphatic hydroxyl groups is 1. The van der Waals surface area contributed by atoms with Crippen molar-refractivity contribution in [3.05, 3.63) is 12.4 Å². The Morgan fingerprint density at radius 3 is 2.71 bits per heavy atom. The van der Waals surface area contributed by atoms with E-state index >= 15 is 0 Å². The van der Waals surface area contributed by atoms with Gasteiger partial charge in [0.15, 0.2) is 0 Å². The fourth-order valence-electron chi connectivity index (χ4n) is 0.831. The molecule has 6 heteroatoms. The highest BCUT2D eigenvalue weighted by Gasteiger charge is 1.93. The molecule has 0 saturated carbocycles. The van der Waals surface area contributed by atoms with Gasteiger partial charge in [0, 0.05) is 6.54 Å². The van der Waals surface area contributed by atoms with Crippen molar-refractivity contribution in [1.82, 2.24) is 9.97 Å². The maximum Gasteiger partial charge on any atom is 0.222 e. The first-order valence-corrected chi connectivity index (χ1v) is 4.33. The van der Waals surface area contributed by atoms with Crippen molar-refractivity contribution >= 4 is 11.6 Å². The van der Waals surface area contributed by atoms with Gasteiger partial charge in [0.25, 0.3) is 0 Å². The van der Waals surface area contributed by atoms with Crippen LogP contribution in [0.3, 0.4) is 0 Å². The van der Waals surface area contributed by atoms with Gasteiger partial charge < -0.3 is 20.9 Å². The molecule has 4 N–H and O–H groups in total. The Kier molecular flexibility index (Phi) is 4.66. The molecule has 0 amide bonds. The lowest BCUT2D eigenvalue weighted by Gasteiger charge is -2.04. The summed E-state index contributed by atoms with van der Waals surface area (Å²) < 4.78 is 5.04. The molecule has 0 aliphatic carbocycles. The molecule has 78 valence electrons. The predicted octanol–water partition coefficient (Wildman–Crippen LogP) is -0.520. The van der Waals surface area contributed by atoms with Crippen LogP contribution < -0.4 is 11.1 Å². The first-order valence-electron chi connectivity index (χ1n) is 4.33. The SMILES string of the molecule is Nc1cnc(NCCOCCO)nc1. The number of hydrogen-bond donors (Lipinski definition) is 3. The lowest BCUT2D eigenvalue weighted by molar-refractivity contribution is 0.0991. The Balaban J connectivity index is 2.15. The largest absolute Gasteiger partial charge is 0.396 e. The number of nitrogens with one attached hydrogen (secondary N) is 1. The fraction of sp³-hybridized carbons (Fsp3) is 0.500. The van der Waals surface area contributed by atoms with E-state index in [1.807, 2.05) is 0 Å². The minimum Gasteiger partial charge on any atom is -0.396 e. The lowest BCUT2D eigenvalue weighted by Crippen LogP contribution is -2.12. The zero-order chi connectivity index (χ0) is 10.2. The Morgan fingerprint density at radius 2 is 2.07 bits per heavy atom. The molecule has 0 aliphatic heterocycles. The molecule has 0 aliphatic rings. The summed E-state index contributed by atoms with van der Waals surface area (Å²) in [5.41, 5.74) is 5.95. The first-order chi connectivity index (χ1) is 6.83. The monoisotopic (exact) mass is 198 g/mol. The highest BCUT2D eigenvalue weighted by Crippen LogP contribution is 1.99. The van der Waals surface area contributed by atoms with Crippen molar-refractivity contribution in [1.29, 1.82) is 0 Å². The Morgan fingerprint density at radius 1 is 1.36 bits per heavy atom. The van der Waals surface area contributed by atoms with Crippen LogP contribution >= 0.6 is 0 Å². The van der Waals surface area contributed by atoms with E-state index in [-0.39, 0.29) is 6.61 Å². The highest BCUT2D eigenvalue weighted by atomic mass is 16.5. The second-order valence-electron chi connectivity index (χ2n) is 2.60. The van der Waals surface area contributed by atoms with Crippen molar-refractivity contribution in [3.8, 4) is 0 Å². The van der Waals surface area contributed by atoms with E-state index < -0.39 is 0 Å². The summed E-state index contributed by atoms with van der Waals surface area (Å²) in [6.45, 7) is 1.50. The second-order valence-corrected chi connectivity index (χ2v) is 2.60. The molecule has 0 saturated heterocycles. The van der Waals surface area contributed by atoms with E-state index in [9.17, 15) is 0 Å². The third kappa shape index (κ3) is 4.01. The number of nitrogens with two attached hydrogens (primary N) is 1. The summed E-state index contributed by atoms with van der Waals surface area (Å²) in [6, 6.07) is 0. The summed E-state index contributed by atoms with van der Waals surface area (Å²) in [6.07, 6.45) is 3.06. The molecule has 0 aromatic carbocycles. The zero-order valence-electron chi connectivity index (χ0n) is 7.81. The van der Waals surface area contributed by atoms with Crippen LogP contribution in [0.2, 0.25) is 0 Å². The smallest absolute Gasteiger partial charge is 0.222 e. The number of hydrogen-bond acceptors (Lipinski definition) is 6. The molecule has 0 spiro atoms. The number of nitrogen functional groups attached to an aromatic ring is 1. The molecule has 0 unspecified atom stereocenters. The van der Waals surface area contributed by atoms with Gasteiger partial charge in [-0.3, -0.25) is 0 Å². The summed E-state index contributed by atoms with van der Waals surface area (Å²) in [5, 5.41) is 11.4. The molecular formula is C8H14N4O2. The third-order valence-electron chi connectivity index (χ3n) is 1.44. The normalized spacial score (nSPS) is 10.1. The molecule has 14 heavy (non-hydrogen) atoms. The van der Waals surface area contributed by atoms with E-state index in [2.05, 4.69) is 15.3 Å². The summed E-state index contributed by atoms with van der Waals surface area (Å²) in [7, 11) is 0. The maximum absolute atomic E-state index is 8.43. The van der Waals surface area contributed by atoms with Gasteiger partial charge >= 0.3 is 0 Å². The van der Waals surface area contributed by atoms with E-state index in [0.717, 1.165) is 0 Å². The topological polar surface area (TPSA) is 93.3 Å². The van der Waals surface area contributed by atoms with Gasteiger partial charge in [-0.1, -0.05) is 0 Å². The van der Waals surface area contributed by atoms with Gasteiger partial charge in [-0.15, -0.1) is 0 Å². The predicted molar refractivity (Wildman–Crippen MR) is 52.8 cm³/mol. The van der Waals surface area contributed by atoms with E-state index in [4.69, 9.17) is 15.6 Å². The molecule has 0 bridgehead atoms. The molecule has 6 nitrogen and oxygen atoms in total. The number of nitrogens with zero attached hydrogens (tertiary/aromatic N) is 2. The highest BCUT2D eigenvalue weighted by molar-refractivity contribution is 5.35. The number of aromatic nitrogens is 2. The molecular weight excluding hydrogens is 184 g/mol. The van der Waals surface area contributed by atoms with Crippen LogP contribution in [0.15, 0.2) is 12.4 Å². The number of anilines is 2. The fourth-order valence-corrected chi connectivity index (χ4v) is 0.831. The summed E-state index contributed by atoms with van der Waals surface area (Å²) in [4.78, 5) is 7.89. The molecule has 0 fully saturated rings. The molecule has 1 aromatic heterocycles. The first kappa shape index (κ1) is 10.7. The van der Waals surface area contributed by atoms with Gasteiger partial charge in [-0.2, -0.15) is 0 Å². The van der Waals surface area contributed by atoms with Crippen molar-refractivity contribution in [2.24, 2.45) is 0 Å². The van der Waals surface area contributed by atoms with Gasteiger partial charge in [0.2, 0.25) is 5.95 Å². The van der Waals surface area contributed by atoms with Crippen LogP contribution in [0.1, 0.15) is 0 Å². The molecule has 1 aromatic rings. The van der Waals surface area contributed by atoms with Crippen LogP contribution in [0.4, 0.5) is 11.6 Å². The molecule has 0 atom stereocenters. The van der Waals surface area contributed by atoms with Gasteiger partial charge in [0.05, 0.1) is 37.9 Å². The van der Waals surface area contributed by atoms with Gasteiger partial charge in [0.1, 0.15) is 0 Å². The van der Waals surface area contributed by atoms with Crippen LogP contribution in [0.25, 0.3) is 0 Å². The maximum atomic E-state index is 8.43. The van der Waals surface area contributed by atoms with Crippen molar-refractivity contribution in [3.63, 3.8) is 0 Å². The van der Waals surface area contributed by atoms with Crippen molar-refractivity contribution in [2.45, 2.75) is 0 Å². The minimum absolute atomic E-state index is 0.0401. The summed E-state index contributed by atoms with van der Waals surface area (Å²) in [5.74, 6) is 0.520. The Bertz CT molecular complexity index is 252. The van der Waals surface area contributed by atoms with E-state index in [1.165, 1.54) is 12.4 Å². The van der Waals surface area contributed by atoms with Crippen molar-refractivity contribution in [2.75, 3.05) is 37.4 Å². The average molecular weight is 198 g/mol. The lowest BCUT2D eigenvalue weighted by atomic mass is 10.5. The standard InChI is InChI=1S/C8H14N4O2/c9-7-5-11-8(12-6-7)10-1-3-14-4-2-13/h5-6,13H,1-4,9H2,(H,10,11,12). The molecule has 1 rings (SSSR count). The van der Waals surface area contributed by atoms with Crippen molar-refractivity contribution < 1.29 is 9.84 Å². The molecule has 0 radical (unpaired) electrons. The van der Waals surface area contributed by atoms with Crippen LogP contribution in [0.5, 0.6) is 0 Å². The number of aliphatic hydroxyl groups excluding tert-OH is 1. The number of ether oxygens (including phenoxy) is 1. The third-order valence-corrected chi connectivity index (χ3v) is 1.44. The Labute approximate surface area is 82.1 Å². The summed E-state index contributed by atoms with van der Waals surface area (Å²) >= 11 is 0. The zero-order valence-corrected chi connectivity index (χ0v) is 7.81. The molecule has 1 heterocycles. The number of rotatable bonds is 6. The Hall–Kier alpha value is -1.40. The quantitative estimate of drug-likeness (QED) is 0.532. The second kappa shape index (κ2) is 6.11. The van der Waals surface area contributed by atoms with Gasteiger partial charge in [-0.25, -0.2) is 9.97 Å². The van der Waals surface area contributed by atoms with Crippen LogP contribution in [-0.2, 0) is 4.74 Å². The van der Waals surface area contributed by atoms with E-state index in [0.29, 0.717) is 31.4 Å².